The summed E-state index contributed by atoms with van der Waals surface area (Å²) < 4.78 is 74.8. The summed E-state index contributed by atoms with van der Waals surface area (Å²) >= 11 is 0. The van der Waals surface area contributed by atoms with Crippen LogP contribution in [0.4, 0.5) is 26.3 Å². The molecule has 0 aromatic carbocycles. The Morgan fingerprint density at radius 2 is 1.72 bits per heavy atom. The Morgan fingerprint density at radius 3 is 2.17 bits per heavy atom. The number of carboxylic acids is 2. The normalized spacial score (nSPS) is 23.1. The van der Waals surface area contributed by atoms with Crippen molar-refractivity contribution in [3.63, 3.8) is 0 Å². The maximum absolute atomic E-state index is 10.6. The van der Waals surface area contributed by atoms with E-state index in [2.05, 4.69) is 34.8 Å². The largest absolute Gasteiger partial charge is 0.490 e. The van der Waals surface area contributed by atoms with Crippen molar-refractivity contribution < 1.29 is 55.6 Å². The Morgan fingerprint density at radius 1 is 1.17 bits per heavy atom. The van der Waals surface area contributed by atoms with Gasteiger partial charge in [0.1, 0.15) is 0 Å². The lowest BCUT2D eigenvalue weighted by molar-refractivity contribution is -0.193. The topological polar surface area (TPSA) is 112 Å². The lowest BCUT2D eigenvalue weighted by atomic mass is 9.79. The Balaban J connectivity index is 0.000000383. The molecular formula is C21H29F6N3O6. The Hall–Kier alpha value is -2.65. The first kappa shape index (κ1) is 31.4. The zero-order chi connectivity index (χ0) is 27.7. The van der Waals surface area contributed by atoms with Crippen LogP contribution in [0.3, 0.4) is 0 Å². The fraction of sp³-hybridized carbons (Fsp3) is 0.667. The molecule has 2 aliphatic rings. The van der Waals surface area contributed by atoms with Gasteiger partial charge in [-0.1, -0.05) is 13.0 Å². The second-order valence-electron chi connectivity index (χ2n) is 8.50. The van der Waals surface area contributed by atoms with Gasteiger partial charge in [0.25, 0.3) is 0 Å². The fourth-order valence-electron chi connectivity index (χ4n) is 3.96. The van der Waals surface area contributed by atoms with Gasteiger partial charge in [-0.05, 0) is 19.0 Å². The van der Waals surface area contributed by atoms with Gasteiger partial charge in [-0.2, -0.15) is 26.3 Å². The van der Waals surface area contributed by atoms with Gasteiger partial charge in [0.2, 0.25) is 5.88 Å². The monoisotopic (exact) mass is 533 g/mol. The summed E-state index contributed by atoms with van der Waals surface area (Å²) in [6.07, 6.45) is -8.39. The average Bonchev–Trinajstić information content (AvgIpc) is 2.90. The van der Waals surface area contributed by atoms with Crippen molar-refractivity contribution in [2.45, 2.75) is 25.8 Å². The van der Waals surface area contributed by atoms with Gasteiger partial charge in [-0.25, -0.2) is 14.6 Å². The van der Waals surface area contributed by atoms with E-state index in [0.29, 0.717) is 5.92 Å². The van der Waals surface area contributed by atoms with Crippen LogP contribution in [-0.2, 0) is 20.9 Å². The second-order valence-corrected chi connectivity index (χ2v) is 8.50. The zero-order valence-corrected chi connectivity index (χ0v) is 19.9. The molecule has 0 saturated carbocycles. The highest BCUT2D eigenvalue weighted by Gasteiger charge is 2.45. The SMILES string of the molecule is COc1ncccc1CN1CCOC[C@]2(CN(C)C[C@H]2C)C1.O=C(O)C(F)(F)F.O=C(O)C(F)(F)F. The molecule has 1 aromatic rings. The maximum Gasteiger partial charge on any atom is 0.490 e. The number of hydrogen-bond acceptors (Lipinski definition) is 7. The number of pyridine rings is 1. The molecule has 1 spiro atoms. The van der Waals surface area contributed by atoms with Crippen LogP contribution in [0.5, 0.6) is 5.88 Å². The molecule has 2 N–H and O–H groups in total. The van der Waals surface area contributed by atoms with Gasteiger partial charge in [0.05, 0.1) is 20.3 Å². The summed E-state index contributed by atoms with van der Waals surface area (Å²) in [5.41, 5.74) is 1.40. The van der Waals surface area contributed by atoms with Crippen LogP contribution in [0.25, 0.3) is 0 Å². The summed E-state index contributed by atoms with van der Waals surface area (Å²) in [4.78, 5) is 27.0. The maximum atomic E-state index is 10.6. The summed E-state index contributed by atoms with van der Waals surface area (Å²) in [5, 5.41) is 14.2. The molecule has 3 heterocycles. The molecule has 2 atom stereocenters. The molecule has 2 saturated heterocycles. The van der Waals surface area contributed by atoms with Crippen LogP contribution < -0.4 is 4.74 Å². The summed E-state index contributed by atoms with van der Waals surface area (Å²) in [5.74, 6) is -4.12. The highest BCUT2D eigenvalue weighted by Crippen LogP contribution is 2.38. The van der Waals surface area contributed by atoms with Crippen LogP contribution in [0.15, 0.2) is 18.3 Å². The number of methoxy groups -OCH3 is 1. The number of hydrogen-bond donors (Lipinski definition) is 2. The smallest absolute Gasteiger partial charge is 0.481 e. The van der Waals surface area contributed by atoms with Crippen LogP contribution in [-0.4, -0.2) is 103 Å². The van der Waals surface area contributed by atoms with Gasteiger partial charge in [-0.15, -0.1) is 0 Å². The Bertz CT molecular complexity index is 845. The van der Waals surface area contributed by atoms with Crippen molar-refractivity contribution in [2.75, 3.05) is 53.6 Å². The number of aromatic nitrogens is 1. The minimum absolute atomic E-state index is 0.251. The van der Waals surface area contributed by atoms with Crippen molar-refractivity contribution in [2.24, 2.45) is 11.3 Å². The Labute approximate surface area is 203 Å². The number of alkyl halides is 6. The molecular weight excluding hydrogens is 504 g/mol. The number of likely N-dealkylation sites (tertiary alicyclic amines) is 1. The molecule has 9 nitrogen and oxygen atoms in total. The minimum atomic E-state index is -5.08. The van der Waals surface area contributed by atoms with Crippen molar-refractivity contribution in [3.8, 4) is 5.88 Å². The van der Waals surface area contributed by atoms with E-state index in [4.69, 9.17) is 29.3 Å². The van der Waals surface area contributed by atoms with Crippen LogP contribution in [0.2, 0.25) is 0 Å². The molecule has 1 aromatic heterocycles. The van der Waals surface area contributed by atoms with Gasteiger partial charge < -0.3 is 24.6 Å². The highest BCUT2D eigenvalue weighted by atomic mass is 19.4. The molecule has 15 heteroatoms. The number of aliphatic carboxylic acids is 2. The molecule has 206 valence electrons. The molecule has 0 bridgehead atoms. The third-order valence-corrected chi connectivity index (χ3v) is 5.62. The summed E-state index contributed by atoms with van der Waals surface area (Å²) in [6.45, 7) is 9.24. The van der Waals surface area contributed by atoms with Gasteiger partial charge in [-0.3, -0.25) is 4.90 Å². The quantitative estimate of drug-likeness (QED) is 0.567. The van der Waals surface area contributed by atoms with Crippen LogP contribution >= 0.6 is 0 Å². The van der Waals surface area contributed by atoms with E-state index in [1.807, 2.05) is 6.07 Å². The lowest BCUT2D eigenvalue weighted by Gasteiger charge is -2.35. The van der Waals surface area contributed by atoms with E-state index in [1.165, 1.54) is 0 Å². The van der Waals surface area contributed by atoms with Gasteiger partial charge in [0, 0.05) is 49.9 Å². The molecule has 36 heavy (non-hydrogen) atoms. The molecule has 2 fully saturated rings. The number of nitrogens with zero attached hydrogens (tertiary/aromatic N) is 3. The van der Waals surface area contributed by atoms with E-state index in [1.54, 1.807) is 13.3 Å². The molecule has 0 amide bonds. The molecule has 3 rings (SSSR count). The number of carbonyl (C=O) groups is 2. The third-order valence-electron chi connectivity index (χ3n) is 5.62. The van der Waals surface area contributed by atoms with E-state index >= 15 is 0 Å². The number of carboxylic acid groups (broad SMARTS) is 2. The zero-order valence-electron chi connectivity index (χ0n) is 19.9. The first-order chi connectivity index (χ1) is 16.5. The molecule has 0 aliphatic carbocycles. The van der Waals surface area contributed by atoms with E-state index in [9.17, 15) is 26.3 Å². The van der Waals surface area contributed by atoms with Crippen molar-refractivity contribution >= 4 is 11.9 Å². The van der Waals surface area contributed by atoms with Crippen LogP contribution in [0, 0.1) is 11.3 Å². The van der Waals surface area contributed by atoms with E-state index < -0.39 is 24.3 Å². The van der Waals surface area contributed by atoms with Gasteiger partial charge >= 0.3 is 24.3 Å². The minimum Gasteiger partial charge on any atom is -0.481 e. The fourth-order valence-corrected chi connectivity index (χ4v) is 3.96. The average molecular weight is 533 g/mol. The summed E-state index contributed by atoms with van der Waals surface area (Å²) in [7, 11) is 3.90. The van der Waals surface area contributed by atoms with Crippen LogP contribution in [0.1, 0.15) is 12.5 Å². The van der Waals surface area contributed by atoms with Crippen molar-refractivity contribution in [1.82, 2.24) is 14.8 Å². The molecule has 0 unspecified atom stereocenters. The third kappa shape index (κ3) is 9.78. The summed E-state index contributed by atoms with van der Waals surface area (Å²) in [6, 6.07) is 4.09. The number of ether oxygens (including phenoxy) is 2. The first-order valence-corrected chi connectivity index (χ1v) is 10.6. The van der Waals surface area contributed by atoms with E-state index in [-0.39, 0.29) is 5.41 Å². The standard InChI is InChI=1S/C17H27N3O2.2C2HF3O2/c1-14-9-19(2)11-17(14)12-20(7-8-22-13-17)10-15-5-4-6-18-16(15)21-3;2*3-2(4,5)1(6)7/h4-6,14H,7-13H2,1-3H3;2*(H,6,7)/t14-,17+;;/m1../s1. The predicted molar refractivity (Wildman–Crippen MR) is 113 cm³/mol. The lowest BCUT2D eigenvalue weighted by Crippen LogP contribution is -2.43. The first-order valence-electron chi connectivity index (χ1n) is 10.6. The van der Waals surface area contributed by atoms with Crippen molar-refractivity contribution in [3.05, 3.63) is 23.9 Å². The molecule has 0 radical (unpaired) electrons. The van der Waals surface area contributed by atoms with E-state index in [0.717, 1.165) is 57.4 Å². The molecule has 2 aliphatic heterocycles. The van der Waals surface area contributed by atoms with Gasteiger partial charge in [0.15, 0.2) is 0 Å². The highest BCUT2D eigenvalue weighted by molar-refractivity contribution is 5.73. The number of halogens is 6. The second kappa shape index (κ2) is 13.1. The predicted octanol–water partition coefficient (Wildman–Crippen LogP) is 2.76. The van der Waals surface area contributed by atoms with Crippen molar-refractivity contribution in [1.29, 1.82) is 0 Å². The number of rotatable bonds is 3. The Kier molecular flexibility index (Phi) is 11.4.